The lowest BCUT2D eigenvalue weighted by atomic mass is 10.0. The third-order valence-electron chi connectivity index (χ3n) is 2.22. The van der Waals surface area contributed by atoms with Gasteiger partial charge in [-0.25, -0.2) is 0 Å². The number of imide groups is 1. The average molecular weight is 271 g/mol. The zero-order valence-electron chi connectivity index (χ0n) is 8.21. The van der Waals surface area contributed by atoms with Gasteiger partial charge in [0, 0.05) is 4.83 Å². The van der Waals surface area contributed by atoms with Gasteiger partial charge >= 0.3 is 0 Å². The van der Waals surface area contributed by atoms with Crippen molar-refractivity contribution < 1.29 is 9.59 Å². The molecule has 1 unspecified atom stereocenters. The van der Waals surface area contributed by atoms with E-state index in [1.54, 1.807) is 12.1 Å². The molecule has 1 aliphatic heterocycles. The van der Waals surface area contributed by atoms with E-state index in [1.807, 2.05) is 13.0 Å². The van der Waals surface area contributed by atoms with Crippen LogP contribution >= 0.6 is 15.9 Å². The molecule has 0 radical (unpaired) electrons. The van der Waals surface area contributed by atoms with Gasteiger partial charge in [-0.1, -0.05) is 28.1 Å². The van der Waals surface area contributed by atoms with Crippen molar-refractivity contribution in [1.82, 2.24) is 11.5 Å². The molecule has 0 bridgehead atoms. The lowest BCUT2D eigenvalue weighted by molar-refractivity contribution is 0.0879. The Balaban J connectivity index is 0.00000112. The summed E-state index contributed by atoms with van der Waals surface area (Å²) in [4.78, 5) is 22.8. The molecule has 2 rings (SSSR count). The summed E-state index contributed by atoms with van der Waals surface area (Å²) in [7, 11) is 0. The number of nitrogens with one attached hydrogen (secondary N) is 1. The van der Waals surface area contributed by atoms with E-state index in [-0.39, 0.29) is 22.8 Å². The molecule has 80 valence electrons. The SMILES string of the molecule is CC(Br)c1cccc2c1C(=O)NC2=O.N. The smallest absolute Gasteiger partial charge is 0.259 e. The molecule has 4 N–H and O–H groups in total. The molecule has 1 aromatic carbocycles. The average Bonchev–Trinajstić information content (AvgIpc) is 2.43. The second-order valence-electron chi connectivity index (χ2n) is 3.17. The summed E-state index contributed by atoms with van der Waals surface area (Å²) in [5.74, 6) is -0.605. The van der Waals surface area contributed by atoms with Crippen LogP contribution in [0.3, 0.4) is 0 Å². The topological polar surface area (TPSA) is 81.2 Å². The molecular weight excluding hydrogens is 260 g/mol. The fourth-order valence-electron chi connectivity index (χ4n) is 1.58. The monoisotopic (exact) mass is 270 g/mol. The predicted octanol–water partition coefficient (Wildman–Crippen LogP) is 2.19. The van der Waals surface area contributed by atoms with Crippen LogP contribution in [0.25, 0.3) is 0 Å². The Kier molecular flexibility index (Phi) is 3.26. The molecule has 5 heteroatoms. The lowest BCUT2D eigenvalue weighted by Crippen LogP contribution is -2.20. The van der Waals surface area contributed by atoms with E-state index in [1.165, 1.54) is 0 Å². The van der Waals surface area contributed by atoms with Crippen LogP contribution in [0.15, 0.2) is 18.2 Å². The zero-order chi connectivity index (χ0) is 10.3. The van der Waals surface area contributed by atoms with Gasteiger partial charge in [0.25, 0.3) is 11.8 Å². The van der Waals surface area contributed by atoms with Crippen molar-refractivity contribution in [3.05, 3.63) is 34.9 Å². The third-order valence-corrected chi connectivity index (χ3v) is 2.72. The minimum Gasteiger partial charge on any atom is -0.344 e. The van der Waals surface area contributed by atoms with Crippen molar-refractivity contribution in [3.8, 4) is 0 Å². The van der Waals surface area contributed by atoms with Crippen LogP contribution in [0.1, 0.15) is 38.0 Å². The van der Waals surface area contributed by atoms with Crippen molar-refractivity contribution in [2.75, 3.05) is 0 Å². The minimum absolute atomic E-state index is 0. The van der Waals surface area contributed by atoms with Crippen LogP contribution in [0.4, 0.5) is 0 Å². The molecule has 15 heavy (non-hydrogen) atoms. The Morgan fingerprint density at radius 2 is 1.93 bits per heavy atom. The van der Waals surface area contributed by atoms with Gasteiger partial charge in [0.2, 0.25) is 0 Å². The van der Waals surface area contributed by atoms with Gasteiger partial charge < -0.3 is 6.15 Å². The van der Waals surface area contributed by atoms with Gasteiger partial charge in [0.15, 0.2) is 0 Å². The fourth-order valence-corrected chi connectivity index (χ4v) is 1.96. The number of alkyl halides is 1. The summed E-state index contributed by atoms with van der Waals surface area (Å²) in [5.41, 5.74) is 1.83. The first-order chi connectivity index (χ1) is 6.61. The number of amides is 2. The standard InChI is InChI=1S/C10H8BrNO2.H3N/c1-5(11)6-3-2-4-7-8(6)10(14)12-9(7)13;/h2-5H,1H3,(H,12,13,14);1H3. The number of fused-ring (bicyclic) bond motifs is 1. The number of hydrogen-bond donors (Lipinski definition) is 2. The highest BCUT2D eigenvalue weighted by molar-refractivity contribution is 9.09. The van der Waals surface area contributed by atoms with Crippen LogP contribution in [0.2, 0.25) is 0 Å². The van der Waals surface area contributed by atoms with Crippen molar-refractivity contribution in [1.29, 1.82) is 0 Å². The van der Waals surface area contributed by atoms with E-state index >= 15 is 0 Å². The van der Waals surface area contributed by atoms with Gasteiger partial charge in [0.05, 0.1) is 11.1 Å². The molecule has 0 saturated heterocycles. The Morgan fingerprint density at radius 3 is 2.53 bits per heavy atom. The Labute approximate surface area is 95.8 Å². The molecule has 1 aromatic rings. The van der Waals surface area contributed by atoms with Crippen molar-refractivity contribution in [2.24, 2.45) is 0 Å². The number of benzene rings is 1. The van der Waals surface area contributed by atoms with E-state index in [0.717, 1.165) is 5.56 Å². The Morgan fingerprint density at radius 1 is 1.27 bits per heavy atom. The molecule has 1 aliphatic rings. The summed E-state index contributed by atoms with van der Waals surface area (Å²) >= 11 is 3.39. The highest BCUT2D eigenvalue weighted by Gasteiger charge is 2.29. The molecule has 1 heterocycles. The van der Waals surface area contributed by atoms with E-state index in [2.05, 4.69) is 21.2 Å². The van der Waals surface area contributed by atoms with Gasteiger partial charge in [-0.15, -0.1) is 0 Å². The van der Waals surface area contributed by atoms with Crippen LogP contribution in [-0.4, -0.2) is 11.8 Å². The van der Waals surface area contributed by atoms with Gasteiger partial charge in [-0.3, -0.25) is 14.9 Å². The number of carbonyl (C=O) groups is 2. The first-order valence-corrected chi connectivity index (χ1v) is 5.15. The second kappa shape index (κ2) is 4.12. The van der Waals surface area contributed by atoms with Crippen LogP contribution in [-0.2, 0) is 0 Å². The minimum atomic E-state index is -0.306. The maximum Gasteiger partial charge on any atom is 0.259 e. The quantitative estimate of drug-likeness (QED) is 0.606. The van der Waals surface area contributed by atoms with E-state index in [0.29, 0.717) is 11.1 Å². The highest BCUT2D eigenvalue weighted by Crippen LogP contribution is 2.29. The lowest BCUT2D eigenvalue weighted by Gasteiger charge is -2.06. The van der Waals surface area contributed by atoms with Crippen LogP contribution in [0.5, 0.6) is 0 Å². The highest BCUT2D eigenvalue weighted by atomic mass is 79.9. The Bertz CT molecular complexity index is 429. The summed E-state index contributed by atoms with van der Waals surface area (Å²) in [6.45, 7) is 1.92. The molecule has 4 nitrogen and oxygen atoms in total. The molecule has 0 fully saturated rings. The summed E-state index contributed by atoms with van der Waals surface area (Å²) in [6, 6.07) is 5.29. The maximum absolute atomic E-state index is 11.4. The van der Waals surface area contributed by atoms with E-state index in [9.17, 15) is 9.59 Å². The van der Waals surface area contributed by atoms with Crippen molar-refractivity contribution in [2.45, 2.75) is 11.8 Å². The van der Waals surface area contributed by atoms with Crippen LogP contribution in [0, 0.1) is 0 Å². The number of halogens is 1. The number of rotatable bonds is 1. The van der Waals surface area contributed by atoms with Crippen molar-refractivity contribution >= 4 is 27.7 Å². The zero-order valence-corrected chi connectivity index (χ0v) is 9.80. The Hall–Kier alpha value is -1.20. The fraction of sp³-hybridized carbons (Fsp3) is 0.200. The molecule has 0 spiro atoms. The van der Waals surface area contributed by atoms with E-state index in [4.69, 9.17) is 0 Å². The molecule has 0 aliphatic carbocycles. The predicted molar refractivity (Wildman–Crippen MR) is 60.6 cm³/mol. The van der Waals surface area contributed by atoms with Crippen LogP contribution < -0.4 is 11.5 Å². The van der Waals surface area contributed by atoms with Gasteiger partial charge in [-0.2, -0.15) is 0 Å². The molecule has 0 aromatic heterocycles. The first-order valence-electron chi connectivity index (χ1n) is 4.24. The molecule has 2 amide bonds. The largest absolute Gasteiger partial charge is 0.344 e. The molecular formula is C10H11BrN2O2. The summed E-state index contributed by atoms with van der Waals surface area (Å²) in [5, 5.41) is 2.28. The molecule has 0 saturated carbocycles. The summed E-state index contributed by atoms with van der Waals surface area (Å²) < 4.78 is 0. The van der Waals surface area contributed by atoms with Gasteiger partial charge in [0.1, 0.15) is 0 Å². The number of hydrogen-bond acceptors (Lipinski definition) is 3. The van der Waals surface area contributed by atoms with Gasteiger partial charge in [-0.05, 0) is 18.6 Å². The normalized spacial score (nSPS) is 15.3. The molecule has 1 atom stereocenters. The third kappa shape index (κ3) is 1.80. The van der Waals surface area contributed by atoms with Crippen molar-refractivity contribution in [3.63, 3.8) is 0 Å². The number of carbonyl (C=O) groups excluding carboxylic acids is 2. The maximum atomic E-state index is 11.4. The van der Waals surface area contributed by atoms with E-state index < -0.39 is 0 Å². The first kappa shape index (κ1) is 11.9. The summed E-state index contributed by atoms with van der Waals surface area (Å²) in [6.07, 6.45) is 0. The second-order valence-corrected chi connectivity index (χ2v) is 4.54.